The van der Waals surface area contributed by atoms with Crippen molar-refractivity contribution < 1.29 is 14.3 Å². The molecule has 5 rings (SSSR count). The van der Waals surface area contributed by atoms with Crippen molar-refractivity contribution in [2.24, 2.45) is 0 Å². The van der Waals surface area contributed by atoms with Gasteiger partial charge < -0.3 is 14.8 Å². The number of para-hydroxylation sites is 1. The minimum absolute atomic E-state index is 0.120. The first kappa shape index (κ1) is 22.4. The van der Waals surface area contributed by atoms with Crippen molar-refractivity contribution in [2.75, 3.05) is 24.1 Å². The van der Waals surface area contributed by atoms with Gasteiger partial charge in [-0.05, 0) is 54.3 Å². The maximum atomic E-state index is 13.3. The number of amides is 1. The van der Waals surface area contributed by atoms with Crippen LogP contribution in [0.15, 0.2) is 81.6 Å². The molecule has 9 heteroatoms. The molecule has 1 aliphatic heterocycles. The smallest absolute Gasteiger partial charge is 0.262 e. The van der Waals surface area contributed by atoms with E-state index in [1.54, 1.807) is 28.5 Å². The number of thioether (sulfide) groups is 2. The molecule has 0 bridgehead atoms. The molecule has 1 aliphatic rings. The molecule has 0 fully saturated rings. The minimum Gasteiger partial charge on any atom is -0.454 e. The molecular formula is C25H21N3O4S2. The van der Waals surface area contributed by atoms with Gasteiger partial charge in [0.05, 0.1) is 23.2 Å². The average molecular weight is 492 g/mol. The van der Waals surface area contributed by atoms with Crippen LogP contribution in [0.5, 0.6) is 11.5 Å². The van der Waals surface area contributed by atoms with Crippen molar-refractivity contribution in [1.82, 2.24) is 9.55 Å². The monoisotopic (exact) mass is 491 g/mol. The van der Waals surface area contributed by atoms with Gasteiger partial charge in [0.15, 0.2) is 16.7 Å². The number of benzene rings is 3. The number of carbonyl (C=O) groups is 1. The highest BCUT2D eigenvalue weighted by molar-refractivity contribution is 7.99. The number of aromatic nitrogens is 2. The third-order valence-electron chi connectivity index (χ3n) is 5.29. The van der Waals surface area contributed by atoms with E-state index >= 15 is 0 Å². The fraction of sp³-hybridized carbons (Fsp3) is 0.160. The molecule has 172 valence electrons. The van der Waals surface area contributed by atoms with Crippen LogP contribution in [-0.2, 0) is 11.3 Å². The highest BCUT2D eigenvalue weighted by Crippen LogP contribution is 2.33. The molecule has 0 spiro atoms. The van der Waals surface area contributed by atoms with Gasteiger partial charge in [-0.15, -0.1) is 11.8 Å². The van der Waals surface area contributed by atoms with Crippen molar-refractivity contribution in [3.8, 4) is 11.5 Å². The lowest BCUT2D eigenvalue weighted by molar-refractivity contribution is -0.113. The minimum atomic E-state index is -0.166. The van der Waals surface area contributed by atoms with Gasteiger partial charge in [0.25, 0.3) is 5.56 Å². The lowest BCUT2D eigenvalue weighted by Gasteiger charge is -2.14. The molecular weight excluding hydrogens is 470 g/mol. The largest absolute Gasteiger partial charge is 0.454 e. The Hall–Kier alpha value is -3.43. The number of hydrogen-bond donors (Lipinski definition) is 1. The Kier molecular flexibility index (Phi) is 6.46. The van der Waals surface area contributed by atoms with E-state index in [4.69, 9.17) is 14.5 Å². The summed E-state index contributed by atoms with van der Waals surface area (Å²) in [7, 11) is 0. The van der Waals surface area contributed by atoms with Crippen LogP contribution in [0.2, 0.25) is 0 Å². The maximum Gasteiger partial charge on any atom is 0.262 e. The van der Waals surface area contributed by atoms with E-state index in [-0.39, 0.29) is 24.0 Å². The van der Waals surface area contributed by atoms with E-state index in [0.717, 1.165) is 16.1 Å². The van der Waals surface area contributed by atoms with E-state index in [1.807, 2.05) is 60.9 Å². The molecule has 0 saturated heterocycles. The zero-order valence-corrected chi connectivity index (χ0v) is 19.9. The van der Waals surface area contributed by atoms with Gasteiger partial charge in [0.1, 0.15) is 0 Å². The normalized spacial score (nSPS) is 12.1. The van der Waals surface area contributed by atoms with E-state index in [1.165, 1.54) is 11.8 Å². The quantitative estimate of drug-likeness (QED) is 0.298. The van der Waals surface area contributed by atoms with Gasteiger partial charge in [0, 0.05) is 10.6 Å². The Morgan fingerprint density at radius 1 is 1.06 bits per heavy atom. The summed E-state index contributed by atoms with van der Waals surface area (Å²) in [4.78, 5) is 31.8. The zero-order chi connectivity index (χ0) is 23.5. The number of hydrogen-bond acceptors (Lipinski definition) is 7. The highest BCUT2D eigenvalue weighted by Gasteiger charge is 2.17. The van der Waals surface area contributed by atoms with E-state index in [0.29, 0.717) is 34.1 Å². The van der Waals surface area contributed by atoms with Gasteiger partial charge in [-0.1, -0.05) is 36.0 Å². The first-order valence-corrected chi connectivity index (χ1v) is 12.8. The summed E-state index contributed by atoms with van der Waals surface area (Å²) in [6.07, 6.45) is 1.99. The number of carbonyl (C=O) groups excluding carboxylic acids is 1. The van der Waals surface area contributed by atoms with Crippen molar-refractivity contribution in [3.63, 3.8) is 0 Å². The Balaban J connectivity index is 1.41. The standard InChI is InChI=1S/C25H21N3O4S2/c1-33-18-6-4-5-17(12-18)26-23(29)14-34-25-27-20-8-3-2-7-19(20)24(30)28(25)13-16-9-10-21-22(11-16)32-15-31-21/h2-12H,13-15H2,1H3,(H,26,29). The summed E-state index contributed by atoms with van der Waals surface area (Å²) in [5, 5.41) is 3.93. The van der Waals surface area contributed by atoms with Crippen LogP contribution >= 0.6 is 23.5 Å². The van der Waals surface area contributed by atoms with Gasteiger partial charge in [-0.25, -0.2) is 4.98 Å². The number of anilines is 1. The van der Waals surface area contributed by atoms with Gasteiger partial charge in [-0.2, -0.15) is 0 Å². The first-order valence-electron chi connectivity index (χ1n) is 10.6. The molecule has 7 nitrogen and oxygen atoms in total. The predicted molar refractivity (Wildman–Crippen MR) is 135 cm³/mol. The molecule has 1 amide bonds. The van der Waals surface area contributed by atoms with Gasteiger partial charge >= 0.3 is 0 Å². The molecule has 1 N–H and O–H groups in total. The van der Waals surface area contributed by atoms with E-state index < -0.39 is 0 Å². The number of nitrogens with one attached hydrogen (secondary N) is 1. The molecule has 2 heterocycles. The van der Waals surface area contributed by atoms with E-state index in [9.17, 15) is 9.59 Å². The lowest BCUT2D eigenvalue weighted by Crippen LogP contribution is -2.25. The molecule has 0 unspecified atom stereocenters. The number of nitrogens with zero attached hydrogens (tertiary/aromatic N) is 2. The molecule has 0 saturated carbocycles. The summed E-state index contributed by atoms with van der Waals surface area (Å²) in [6, 6.07) is 20.5. The first-order chi connectivity index (χ1) is 16.6. The van der Waals surface area contributed by atoms with Crippen LogP contribution in [-0.4, -0.2) is 34.3 Å². The number of rotatable bonds is 7. The molecule has 0 radical (unpaired) electrons. The molecule has 4 aromatic rings. The van der Waals surface area contributed by atoms with Gasteiger partial charge in [-0.3, -0.25) is 14.2 Å². The summed E-state index contributed by atoms with van der Waals surface area (Å²) in [5.41, 5.74) is 2.06. The SMILES string of the molecule is CSc1cccc(NC(=O)CSc2nc3ccccc3c(=O)n2Cc2ccc3c(c2)OCO3)c1. The third-order valence-corrected chi connectivity index (χ3v) is 6.99. The number of ether oxygens (including phenoxy) is 2. The second-order valence-corrected chi connectivity index (χ2v) is 9.38. The third kappa shape index (κ3) is 4.76. The Morgan fingerprint density at radius 3 is 2.79 bits per heavy atom. The zero-order valence-electron chi connectivity index (χ0n) is 18.3. The second-order valence-electron chi connectivity index (χ2n) is 7.56. The van der Waals surface area contributed by atoms with Crippen molar-refractivity contribution in [3.05, 3.63) is 82.6 Å². The highest BCUT2D eigenvalue weighted by atomic mass is 32.2. The van der Waals surface area contributed by atoms with Crippen LogP contribution < -0.4 is 20.3 Å². The fourth-order valence-electron chi connectivity index (χ4n) is 3.65. The van der Waals surface area contributed by atoms with Crippen molar-refractivity contribution >= 4 is 46.0 Å². The van der Waals surface area contributed by atoms with Crippen LogP contribution in [0.25, 0.3) is 10.9 Å². The van der Waals surface area contributed by atoms with Crippen LogP contribution in [0.1, 0.15) is 5.56 Å². The van der Waals surface area contributed by atoms with Crippen LogP contribution in [0.3, 0.4) is 0 Å². The van der Waals surface area contributed by atoms with Crippen LogP contribution in [0.4, 0.5) is 5.69 Å². The Bertz CT molecular complexity index is 1440. The topological polar surface area (TPSA) is 82.5 Å². The molecule has 3 aromatic carbocycles. The Labute approximate surface area is 204 Å². The maximum absolute atomic E-state index is 13.3. The second kappa shape index (κ2) is 9.82. The molecule has 1 aromatic heterocycles. The lowest BCUT2D eigenvalue weighted by atomic mass is 10.2. The summed E-state index contributed by atoms with van der Waals surface area (Å²) in [5.74, 6) is 1.29. The predicted octanol–water partition coefficient (Wildman–Crippen LogP) is 4.63. The summed E-state index contributed by atoms with van der Waals surface area (Å²) >= 11 is 2.85. The molecule has 34 heavy (non-hydrogen) atoms. The fourth-order valence-corrected chi connectivity index (χ4v) is 4.91. The Morgan fingerprint density at radius 2 is 1.91 bits per heavy atom. The summed E-state index contributed by atoms with van der Waals surface area (Å²) < 4.78 is 12.5. The molecule has 0 atom stereocenters. The van der Waals surface area contributed by atoms with Crippen molar-refractivity contribution in [1.29, 1.82) is 0 Å². The van der Waals surface area contributed by atoms with Crippen LogP contribution in [0, 0.1) is 0 Å². The summed E-state index contributed by atoms with van der Waals surface area (Å²) in [6.45, 7) is 0.485. The number of fused-ring (bicyclic) bond motifs is 2. The van der Waals surface area contributed by atoms with E-state index in [2.05, 4.69) is 5.32 Å². The van der Waals surface area contributed by atoms with Gasteiger partial charge in [0.2, 0.25) is 12.7 Å². The average Bonchev–Trinajstić information content (AvgIpc) is 3.33. The molecule has 0 aliphatic carbocycles. The van der Waals surface area contributed by atoms with Crippen molar-refractivity contribution in [2.45, 2.75) is 16.6 Å².